The monoisotopic (exact) mass is 338 g/mol. The number of hydrogen-bond donors (Lipinski definition) is 3. The molecule has 0 spiro atoms. The summed E-state index contributed by atoms with van der Waals surface area (Å²) in [5, 5.41) is 18.3. The van der Waals surface area contributed by atoms with E-state index in [1.165, 1.54) is 18.2 Å². The van der Waals surface area contributed by atoms with Gasteiger partial charge >= 0.3 is 12.1 Å². The third-order valence-corrected chi connectivity index (χ3v) is 2.62. The molecule has 0 fully saturated rings. The van der Waals surface area contributed by atoms with Crippen LogP contribution < -0.4 is 16.0 Å². The molecule has 1 aromatic rings. The van der Waals surface area contributed by atoms with Gasteiger partial charge in [0.05, 0.1) is 4.92 Å². The average molecular weight is 338 g/mol. The van der Waals surface area contributed by atoms with Crippen LogP contribution in [0.2, 0.25) is 0 Å². The van der Waals surface area contributed by atoms with Crippen molar-refractivity contribution in [1.29, 1.82) is 0 Å². The van der Waals surface area contributed by atoms with Crippen LogP contribution in [-0.4, -0.2) is 35.7 Å². The van der Waals surface area contributed by atoms with E-state index in [9.17, 15) is 19.7 Å². The van der Waals surface area contributed by atoms with E-state index < -0.39 is 22.6 Å². The number of alkyl carbamates (subject to hydrolysis) is 1. The summed E-state index contributed by atoms with van der Waals surface area (Å²) in [6, 6.07) is 5.16. The minimum Gasteiger partial charge on any atom is -0.444 e. The summed E-state index contributed by atoms with van der Waals surface area (Å²) in [5.74, 6) is 0. The molecule has 0 atom stereocenters. The Labute approximate surface area is 139 Å². The Kier molecular flexibility index (Phi) is 6.97. The molecule has 0 radical (unpaired) electrons. The smallest absolute Gasteiger partial charge is 0.407 e. The number of carbonyl (C=O) groups excluding carboxylic acids is 2. The summed E-state index contributed by atoms with van der Waals surface area (Å²) in [4.78, 5) is 33.2. The van der Waals surface area contributed by atoms with Gasteiger partial charge in [-0.25, -0.2) is 9.59 Å². The van der Waals surface area contributed by atoms with Crippen LogP contribution in [0.3, 0.4) is 0 Å². The highest BCUT2D eigenvalue weighted by molar-refractivity contribution is 5.89. The molecule has 9 nitrogen and oxygen atoms in total. The van der Waals surface area contributed by atoms with Crippen molar-refractivity contribution in [1.82, 2.24) is 10.6 Å². The number of nitro benzene ring substituents is 1. The lowest BCUT2D eigenvalue weighted by molar-refractivity contribution is -0.384. The maximum atomic E-state index is 11.7. The first-order chi connectivity index (χ1) is 11.2. The van der Waals surface area contributed by atoms with Gasteiger partial charge in [-0.1, -0.05) is 6.07 Å². The van der Waals surface area contributed by atoms with Gasteiger partial charge < -0.3 is 20.7 Å². The lowest BCUT2D eigenvalue weighted by atomic mass is 10.2. The summed E-state index contributed by atoms with van der Waals surface area (Å²) < 4.78 is 5.07. The second-order valence-electron chi connectivity index (χ2n) is 5.97. The van der Waals surface area contributed by atoms with E-state index in [-0.39, 0.29) is 5.69 Å². The van der Waals surface area contributed by atoms with Crippen LogP contribution in [0.15, 0.2) is 24.3 Å². The van der Waals surface area contributed by atoms with Crippen molar-refractivity contribution >= 4 is 23.5 Å². The predicted octanol–water partition coefficient (Wildman–Crippen LogP) is 2.63. The molecule has 1 aromatic carbocycles. The van der Waals surface area contributed by atoms with Gasteiger partial charge in [-0.05, 0) is 33.3 Å². The van der Waals surface area contributed by atoms with E-state index in [1.807, 2.05) is 0 Å². The number of nitro groups is 1. The molecule has 0 aliphatic carbocycles. The van der Waals surface area contributed by atoms with Gasteiger partial charge in [0.15, 0.2) is 0 Å². The molecule has 0 aliphatic rings. The van der Waals surface area contributed by atoms with Crippen molar-refractivity contribution in [3.63, 3.8) is 0 Å². The molecule has 3 N–H and O–H groups in total. The van der Waals surface area contributed by atoms with E-state index in [0.29, 0.717) is 25.2 Å². The zero-order valence-corrected chi connectivity index (χ0v) is 13.9. The molecule has 0 saturated heterocycles. The Morgan fingerprint density at radius 3 is 2.50 bits per heavy atom. The van der Waals surface area contributed by atoms with E-state index in [2.05, 4.69) is 16.0 Å². The highest BCUT2D eigenvalue weighted by Crippen LogP contribution is 2.16. The van der Waals surface area contributed by atoms with E-state index in [1.54, 1.807) is 26.8 Å². The van der Waals surface area contributed by atoms with Crippen molar-refractivity contribution in [2.24, 2.45) is 0 Å². The molecule has 3 amide bonds. The lowest BCUT2D eigenvalue weighted by Crippen LogP contribution is -2.35. The van der Waals surface area contributed by atoms with Gasteiger partial charge in [0.2, 0.25) is 0 Å². The van der Waals surface area contributed by atoms with Crippen molar-refractivity contribution in [2.45, 2.75) is 32.8 Å². The predicted molar refractivity (Wildman–Crippen MR) is 89.0 cm³/mol. The van der Waals surface area contributed by atoms with Crippen molar-refractivity contribution in [2.75, 3.05) is 18.4 Å². The van der Waals surface area contributed by atoms with Crippen LogP contribution in [0.25, 0.3) is 0 Å². The Hall–Kier alpha value is -2.84. The fourth-order valence-electron chi connectivity index (χ4n) is 1.67. The maximum Gasteiger partial charge on any atom is 0.407 e. The largest absolute Gasteiger partial charge is 0.444 e. The number of nitrogens with one attached hydrogen (secondary N) is 3. The highest BCUT2D eigenvalue weighted by atomic mass is 16.6. The van der Waals surface area contributed by atoms with Crippen LogP contribution >= 0.6 is 0 Å². The van der Waals surface area contributed by atoms with Crippen LogP contribution in [0.5, 0.6) is 0 Å². The maximum absolute atomic E-state index is 11.7. The molecule has 0 bridgehead atoms. The van der Waals surface area contributed by atoms with E-state index in [0.717, 1.165) is 0 Å². The minimum absolute atomic E-state index is 0.102. The van der Waals surface area contributed by atoms with Crippen molar-refractivity contribution in [3.05, 3.63) is 34.4 Å². The lowest BCUT2D eigenvalue weighted by Gasteiger charge is -2.19. The topological polar surface area (TPSA) is 123 Å². The Balaban J connectivity index is 2.24. The second kappa shape index (κ2) is 8.70. The number of urea groups is 1. The van der Waals surface area contributed by atoms with Crippen molar-refractivity contribution in [3.8, 4) is 0 Å². The Morgan fingerprint density at radius 1 is 1.21 bits per heavy atom. The number of ether oxygens (including phenoxy) is 1. The molecule has 0 aliphatic heterocycles. The second-order valence-corrected chi connectivity index (χ2v) is 5.97. The Bertz CT molecular complexity index is 598. The fourth-order valence-corrected chi connectivity index (χ4v) is 1.67. The molecule has 0 aromatic heterocycles. The number of non-ortho nitro benzene ring substituents is 1. The molecule has 0 saturated carbocycles. The normalized spacial score (nSPS) is 10.6. The van der Waals surface area contributed by atoms with Gasteiger partial charge in [0.1, 0.15) is 5.60 Å². The van der Waals surface area contributed by atoms with E-state index in [4.69, 9.17) is 4.74 Å². The molecule has 132 valence electrons. The number of anilines is 1. The van der Waals surface area contributed by atoms with Gasteiger partial charge in [-0.3, -0.25) is 10.1 Å². The molecular weight excluding hydrogens is 316 g/mol. The van der Waals surface area contributed by atoms with E-state index >= 15 is 0 Å². The van der Waals surface area contributed by atoms with Crippen LogP contribution in [0.1, 0.15) is 27.2 Å². The average Bonchev–Trinajstić information content (AvgIpc) is 2.45. The summed E-state index contributed by atoms with van der Waals surface area (Å²) in [5.41, 5.74) is -0.330. The molecule has 24 heavy (non-hydrogen) atoms. The third-order valence-electron chi connectivity index (χ3n) is 2.62. The highest BCUT2D eigenvalue weighted by Gasteiger charge is 2.15. The van der Waals surface area contributed by atoms with Crippen LogP contribution in [0.4, 0.5) is 21.0 Å². The van der Waals surface area contributed by atoms with Gasteiger partial charge in [-0.2, -0.15) is 0 Å². The zero-order valence-electron chi connectivity index (χ0n) is 13.9. The number of rotatable bonds is 6. The molecule has 0 unspecified atom stereocenters. The SMILES string of the molecule is CC(C)(C)OC(=O)NCCCNC(=O)Nc1cccc([N+](=O)[O-])c1. The summed E-state index contributed by atoms with van der Waals surface area (Å²) in [6.45, 7) is 5.99. The number of carbonyl (C=O) groups is 2. The van der Waals surface area contributed by atoms with Gasteiger partial charge in [-0.15, -0.1) is 0 Å². The zero-order chi connectivity index (χ0) is 18.2. The number of nitrogens with zero attached hydrogens (tertiary/aromatic N) is 1. The summed E-state index contributed by atoms with van der Waals surface area (Å²) >= 11 is 0. The third kappa shape index (κ3) is 7.97. The summed E-state index contributed by atoms with van der Waals surface area (Å²) in [7, 11) is 0. The molecular formula is C15H22N4O5. The summed E-state index contributed by atoms with van der Waals surface area (Å²) in [6.07, 6.45) is 0.00487. The fraction of sp³-hybridized carbons (Fsp3) is 0.467. The number of benzene rings is 1. The Morgan fingerprint density at radius 2 is 1.88 bits per heavy atom. The van der Waals surface area contributed by atoms with Crippen molar-refractivity contribution < 1.29 is 19.2 Å². The quantitative estimate of drug-likeness (QED) is 0.418. The molecule has 1 rings (SSSR count). The first-order valence-electron chi connectivity index (χ1n) is 7.43. The molecule has 9 heteroatoms. The van der Waals surface area contributed by atoms with Crippen LogP contribution in [-0.2, 0) is 4.74 Å². The standard InChI is InChI=1S/C15H22N4O5/c1-15(2,3)24-14(21)17-9-5-8-16-13(20)18-11-6-4-7-12(10-11)19(22)23/h4,6-7,10H,5,8-9H2,1-3H3,(H,17,21)(H2,16,18,20). The first kappa shape index (κ1) is 19.2. The van der Waals surface area contributed by atoms with Gasteiger partial charge in [0, 0.05) is 30.9 Å². The van der Waals surface area contributed by atoms with Gasteiger partial charge in [0.25, 0.3) is 5.69 Å². The number of hydrogen-bond acceptors (Lipinski definition) is 5. The van der Waals surface area contributed by atoms with Crippen LogP contribution in [0, 0.1) is 10.1 Å². The molecule has 0 heterocycles. The minimum atomic E-state index is -0.555. The first-order valence-corrected chi connectivity index (χ1v) is 7.43. The number of amides is 3.